The summed E-state index contributed by atoms with van der Waals surface area (Å²) in [4.78, 5) is 0. The zero-order valence-electron chi connectivity index (χ0n) is 17.8. The van der Waals surface area contributed by atoms with Crippen molar-refractivity contribution in [3.63, 3.8) is 0 Å². The van der Waals surface area contributed by atoms with Crippen LogP contribution in [0.5, 0.6) is 0 Å². The van der Waals surface area contributed by atoms with E-state index in [2.05, 4.69) is 15.5 Å². The van der Waals surface area contributed by atoms with Crippen LogP contribution >= 0.6 is 11.9 Å². The van der Waals surface area contributed by atoms with Gasteiger partial charge < -0.3 is 13.9 Å². The summed E-state index contributed by atoms with van der Waals surface area (Å²) in [5.41, 5.74) is 1.80. The van der Waals surface area contributed by atoms with Gasteiger partial charge in [0, 0.05) is 40.4 Å². The highest BCUT2D eigenvalue weighted by atomic mass is 32.2. The summed E-state index contributed by atoms with van der Waals surface area (Å²) in [6.45, 7) is 8.76. The minimum Gasteiger partial charge on any atom is -0.399 e. The summed E-state index contributed by atoms with van der Waals surface area (Å²) in [5, 5.41) is 1.75. The molecule has 156 valence electrons. The van der Waals surface area contributed by atoms with E-state index in [1.807, 2.05) is 45.7 Å². The highest BCUT2D eigenvalue weighted by molar-refractivity contribution is 7.98. The SMILES string of the molecule is CC1(C)OB(c2cc3c(cc2F)c(CNSC2CC2)cn3C2CCC2)OC1(C)C. The molecule has 1 saturated heterocycles. The molecule has 0 amide bonds. The first-order valence-corrected chi connectivity index (χ1v) is 11.7. The molecule has 0 spiro atoms. The van der Waals surface area contributed by atoms with E-state index in [1.165, 1.54) is 37.7 Å². The van der Waals surface area contributed by atoms with Crippen LogP contribution in [0.25, 0.3) is 10.9 Å². The molecule has 5 rings (SSSR count). The van der Waals surface area contributed by atoms with Crippen LogP contribution in [0, 0.1) is 5.82 Å². The van der Waals surface area contributed by atoms with Crippen LogP contribution in [-0.2, 0) is 15.9 Å². The van der Waals surface area contributed by atoms with Gasteiger partial charge in [0.15, 0.2) is 0 Å². The second-order valence-electron chi connectivity index (χ2n) is 9.76. The second-order valence-corrected chi connectivity index (χ2v) is 11.0. The van der Waals surface area contributed by atoms with Crippen LogP contribution in [0.4, 0.5) is 4.39 Å². The van der Waals surface area contributed by atoms with Crippen molar-refractivity contribution in [1.29, 1.82) is 0 Å². The smallest absolute Gasteiger partial charge is 0.399 e. The first-order chi connectivity index (χ1) is 13.7. The van der Waals surface area contributed by atoms with Crippen LogP contribution in [0.15, 0.2) is 18.3 Å². The number of rotatable bonds is 6. The van der Waals surface area contributed by atoms with Crippen LogP contribution in [0.1, 0.15) is 71.4 Å². The summed E-state index contributed by atoms with van der Waals surface area (Å²) in [6, 6.07) is 4.16. The van der Waals surface area contributed by atoms with Crippen LogP contribution in [-0.4, -0.2) is 28.1 Å². The van der Waals surface area contributed by atoms with E-state index >= 15 is 4.39 Å². The molecular weight excluding hydrogens is 386 g/mol. The van der Waals surface area contributed by atoms with Crippen molar-refractivity contribution in [2.45, 2.75) is 88.8 Å². The van der Waals surface area contributed by atoms with E-state index in [1.54, 1.807) is 6.07 Å². The lowest BCUT2D eigenvalue weighted by atomic mass is 9.78. The molecule has 2 aliphatic carbocycles. The average Bonchev–Trinajstić information content (AvgIpc) is 3.31. The Bertz CT molecular complexity index is 921. The highest BCUT2D eigenvalue weighted by Crippen LogP contribution is 2.39. The predicted molar refractivity (Wildman–Crippen MR) is 118 cm³/mol. The van der Waals surface area contributed by atoms with Crippen molar-refractivity contribution < 1.29 is 13.7 Å². The van der Waals surface area contributed by atoms with Gasteiger partial charge in [-0.1, -0.05) is 11.9 Å². The summed E-state index contributed by atoms with van der Waals surface area (Å²) < 4.78 is 33.3. The Hall–Kier alpha value is -1.02. The molecule has 2 heterocycles. The lowest BCUT2D eigenvalue weighted by Gasteiger charge is -2.32. The molecule has 2 saturated carbocycles. The number of nitrogens with one attached hydrogen (secondary N) is 1. The van der Waals surface area contributed by atoms with Gasteiger partial charge in [-0.2, -0.15) is 0 Å². The number of fused-ring (bicyclic) bond motifs is 1. The summed E-state index contributed by atoms with van der Waals surface area (Å²) in [5.74, 6) is -0.251. The Kier molecular flexibility index (Phi) is 4.81. The van der Waals surface area contributed by atoms with Crippen LogP contribution < -0.4 is 10.2 Å². The first-order valence-electron chi connectivity index (χ1n) is 10.8. The minimum absolute atomic E-state index is 0.251. The molecule has 1 aliphatic heterocycles. The quantitative estimate of drug-likeness (QED) is 0.547. The first kappa shape index (κ1) is 19.9. The maximum Gasteiger partial charge on any atom is 0.497 e. The number of halogens is 1. The van der Waals surface area contributed by atoms with Gasteiger partial charge in [0.25, 0.3) is 0 Å². The molecule has 3 aliphatic rings. The Morgan fingerprint density at radius 2 is 1.83 bits per heavy atom. The Labute approximate surface area is 177 Å². The standard InChI is InChI=1S/C22H30BFN2O2S/c1-21(2)22(3,4)28-23(27-21)18-11-20-17(10-19(18)24)14(12-25-29-16-8-9-16)13-26(20)15-6-5-7-15/h10-11,13,15-16,25H,5-9,12H2,1-4H3. The molecular formula is C22H30BFN2O2S. The van der Waals surface area contributed by atoms with Gasteiger partial charge in [0.2, 0.25) is 0 Å². The van der Waals surface area contributed by atoms with E-state index in [-0.39, 0.29) is 5.82 Å². The van der Waals surface area contributed by atoms with Gasteiger partial charge in [-0.3, -0.25) is 4.72 Å². The summed E-state index contributed by atoms with van der Waals surface area (Å²) in [6.07, 6.45) is 8.47. The highest BCUT2D eigenvalue weighted by Gasteiger charge is 2.52. The van der Waals surface area contributed by atoms with Crippen molar-refractivity contribution in [1.82, 2.24) is 9.29 Å². The third kappa shape index (κ3) is 3.54. The number of aromatic nitrogens is 1. The molecule has 7 heteroatoms. The minimum atomic E-state index is -0.680. The maximum atomic E-state index is 15.2. The second kappa shape index (κ2) is 7.01. The number of hydrogen-bond acceptors (Lipinski definition) is 4. The van der Waals surface area contributed by atoms with Gasteiger partial charge in [0.05, 0.1) is 11.2 Å². The monoisotopic (exact) mass is 416 g/mol. The van der Waals surface area contributed by atoms with Gasteiger partial charge in [-0.25, -0.2) is 4.39 Å². The molecule has 1 N–H and O–H groups in total. The molecule has 29 heavy (non-hydrogen) atoms. The van der Waals surface area contributed by atoms with E-state index in [0.29, 0.717) is 11.5 Å². The van der Waals surface area contributed by atoms with Crippen LogP contribution in [0.2, 0.25) is 0 Å². The number of benzene rings is 1. The molecule has 1 aromatic heterocycles. The van der Waals surface area contributed by atoms with Gasteiger partial charge in [0.1, 0.15) is 5.82 Å². The fourth-order valence-electron chi connectivity index (χ4n) is 4.04. The molecule has 4 nitrogen and oxygen atoms in total. The summed E-state index contributed by atoms with van der Waals surface area (Å²) in [7, 11) is -0.680. The third-order valence-electron chi connectivity index (χ3n) is 7.05. The van der Waals surface area contributed by atoms with Gasteiger partial charge >= 0.3 is 7.12 Å². The van der Waals surface area contributed by atoms with E-state index in [4.69, 9.17) is 9.31 Å². The Balaban J connectivity index is 1.50. The van der Waals surface area contributed by atoms with Crippen molar-refractivity contribution in [2.24, 2.45) is 0 Å². The Morgan fingerprint density at radius 1 is 1.14 bits per heavy atom. The fourth-order valence-corrected chi connectivity index (χ4v) is 4.88. The molecule has 0 bridgehead atoms. The summed E-state index contributed by atoms with van der Waals surface area (Å²) >= 11 is 1.82. The Morgan fingerprint density at radius 3 is 2.41 bits per heavy atom. The molecule has 0 radical (unpaired) electrons. The molecule has 0 unspecified atom stereocenters. The average molecular weight is 416 g/mol. The van der Waals surface area contributed by atoms with Gasteiger partial charge in [-0.05, 0) is 77.5 Å². The predicted octanol–water partition coefficient (Wildman–Crippen LogP) is 4.70. The van der Waals surface area contributed by atoms with Crippen molar-refractivity contribution in [3.05, 3.63) is 29.7 Å². The number of hydrogen-bond donors (Lipinski definition) is 1. The maximum absolute atomic E-state index is 15.2. The number of nitrogens with zero attached hydrogens (tertiary/aromatic N) is 1. The zero-order chi connectivity index (χ0) is 20.4. The zero-order valence-corrected chi connectivity index (χ0v) is 18.6. The third-order valence-corrected chi connectivity index (χ3v) is 8.16. The molecule has 0 atom stereocenters. The van der Waals surface area contributed by atoms with E-state index in [9.17, 15) is 0 Å². The fraction of sp³-hybridized carbons (Fsp3) is 0.636. The molecule has 1 aromatic carbocycles. The molecule has 2 aromatic rings. The normalized spacial score (nSPS) is 23.7. The topological polar surface area (TPSA) is 35.4 Å². The lowest BCUT2D eigenvalue weighted by Crippen LogP contribution is -2.41. The van der Waals surface area contributed by atoms with Crippen LogP contribution in [0.3, 0.4) is 0 Å². The van der Waals surface area contributed by atoms with E-state index < -0.39 is 18.3 Å². The largest absolute Gasteiger partial charge is 0.497 e. The molecule has 3 fully saturated rings. The lowest BCUT2D eigenvalue weighted by molar-refractivity contribution is 0.00578. The van der Waals surface area contributed by atoms with Gasteiger partial charge in [-0.15, -0.1) is 0 Å². The van der Waals surface area contributed by atoms with E-state index in [0.717, 1.165) is 22.7 Å². The van der Waals surface area contributed by atoms with Crippen molar-refractivity contribution in [2.75, 3.05) is 0 Å². The van der Waals surface area contributed by atoms with Crippen molar-refractivity contribution in [3.8, 4) is 0 Å². The van der Waals surface area contributed by atoms with Crippen molar-refractivity contribution >= 4 is 35.4 Å².